The Morgan fingerprint density at radius 2 is 1.95 bits per heavy atom. The molecular formula is C16H32N2O. The van der Waals surface area contributed by atoms with Crippen molar-refractivity contribution in [3.8, 4) is 0 Å². The molecule has 2 aliphatic rings. The minimum absolute atomic E-state index is 0.182. The van der Waals surface area contributed by atoms with Crippen molar-refractivity contribution in [1.29, 1.82) is 0 Å². The van der Waals surface area contributed by atoms with Crippen molar-refractivity contribution >= 4 is 0 Å². The zero-order valence-corrected chi connectivity index (χ0v) is 13.0. The van der Waals surface area contributed by atoms with Crippen LogP contribution in [0.25, 0.3) is 0 Å². The largest absolute Gasteiger partial charge is 0.378 e. The zero-order valence-electron chi connectivity index (χ0n) is 13.0. The summed E-state index contributed by atoms with van der Waals surface area (Å²) in [7, 11) is 2.31. The average Bonchev–Trinajstić information content (AvgIpc) is 2.46. The molecule has 3 heteroatoms. The van der Waals surface area contributed by atoms with E-state index in [2.05, 4.69) is 25.8 Å². The van der Waals surface area contributed by atoms with Gasteiger partial charge in [0.05, 0.1) is 6.10 Å². The van der Waals surface area contributed by atoms with E-state index in [1.54, 1.807) is 0 Å². The van der Waals surface area contributed by atoms with Gasteiger partial charge in [-0.15, -0.1) is 0 Å². The number of nitrogens with two attached hydrogens (primary N) is 1. The summed E-state index contributed by atoms with van der Waals surface area (Å²) in [5, 5.41) is 0. The van der Waals surface area contributed by atoms with Crippen molar-refractivity contribution in [2.75, 3.05) is 20.2 Å². The molecule has 0 aromatic carbocycles. The van der Waals surface area contributed by atoms with Gasteiger partial charge in [-0.3, -0.25) is 4.90 Å². The molecule has 2 fully saturated rings. The first kappa shape index (κ1) is 15.3. The van der Waals surface area contributed by atoms with Gasteiger partial charge in [-0.05, 0) is 58.4 Å². The molecule has 0 aromatic heterocycles. The molecule has 0 radical (unpaired) electrons. The first-order valence-electron chi connectivity index (χ1n) is 8.16. The van der Waals surface area contributed by atoms with Crippen LogP contribution in [0.15, 0.2) is 0 Å². The maximum absolute atomic E-state index is 6.16. The van der Waals surface area contributed by atoms with Gasteiger partial charge in [0.1, 0.15) is 0 Å². The molecule has 1 saturated carbocycles. The fourth-order valence-electron chi connectivity index (χ4n) is 4.12. The highest BCUT2D eigenvalue weighted by molar-refractivity contribution is 4.97. The van der Waals surface area contributed by atoms with Crippen LogP contribution in [0, 0.1) is 5.92 Å². The Bertz CT molecular complexity index is 276. The van der Waals surface area contributed by atoms with Crippen LogP contribution in [0.4, 0.5) is 0 Å². The summed E-state index contributed by atoms with van der Waals surface area (Å²) in [5.74, 6) is 0.965. The lowest BCUT2D eigenvalue weighted by Gasteiger charge is -2.50. The second kappa shape index (κ2) is 6.55. The standard InChI is InChI=1S/C16H32N2O/c1-4-14-5-7-15(8-6-14)18(3)16(12-17)9-10-19-13(2)11-16/h13-15H,4-12,17H2,1-3H3. The molecule has 1 saturated heterocycles. The van der Waals surface area contributed by atoms with Gasteiger partial charge >= 0.3 is 0 Å². The van der Waals surface area contributed by atoms with Gasteiger partial charge in [-0.1, -0.05) is 13.3 Å². The van der Waals surface area contributed by atoms with Gasteiger partial charge in [0.15, 0.2) is 0 Å². The molecule has 0 bridgehead atoms. The van der Waals surface area contributed by atoms with Crippen LogP contribution in [0.5, 0.6) is 0 Å². The van der Waals surface area contributed by atoms with Crippen LogP contribution in [0.2, 0.25) is 0 Å². The number of likely N-dealkylation sites (N-methyl/N-ethyl adjacent to an activating group) is 1. The van der Waals surface area contributed by atoms with Crippen molar-refractivity contribution in [3.63, 3.8) is 0 Å². The van der Waals surface area contributed by atoms with Crippen LogP contribution in [0.3, 0.4) is 0 Å². The van der Waals surface area contributed by atoms with E-state index in [9.17, 15) is 0 Å². The molecule has 2 N–H and O–H groups in total. The topological polar surface area (TPSA) is 38.5 Å². The third-order valence-electron chi connectivity index (χ3n) is 5.71. The molecule has 1 heterocycles. The summed E-state index contributed by atoms with van der Waals surface area (Å²) >= 11 is 0. The minimum Gasteiger partial charge on any atom is -0.378 e. The van der Waals surface area contributed by atoms with Gasteiger partial charge < -0.3 is 10.5 Å². The lowest BCUT2D eigenvalue weighted by atomic mass is 9.79. The Morgan fingerprint density at radius 1 is 1.26 bits per heavy atom. The van der Waals surface area contributed by atoms with Gasteiger partial charge in [-0.25, -0.2) is 0 Å². The maximum Gasteiger partial charge on any atom is 0.0565 e. The van der Waals surface area contributed by atoms with E-state index in [0.29, 0.717) is 6.10 Å². The van der Waals surface area contributed by atoms with Crippen LogP contribution in [0.1, 0.15) is 58.8 Å². The molecular weight excluding hydrogens is 236 g/mol. The van der Waals surface area contributed by atoms with Gasteiger partial charge in [0, 0.05) is 24.7 Å². The van der Waals surface area contributed by atoms with E-state index in [1.807, 2.05) is 0 Å². The lowest BCUT2D eigenvalue weighted by molar-refractivity contribution is -0.0734. The fraction of sp³-hybridized carbons (Fsp3) is 1.00. The quantitative estimate of drug-likeness (QED) is 0.852. The Morgan fingerprint density at radius 3 is 2.47 bits per heavy atom. The van der Waals surface area contributed by atoms with E-state index in [-0.39, 0.29) is 5.54 Å². The Balaban J connectivity index is 1.98. The normalized spacial score (nSPS) is 40.6. The number of nitrogens with zero attached hydrogens (tertiary/aromatic N) is 1. The fourth-order valence-corrected chi connectivity index (χ4v) is 4.12. The summed E-state index contributed by atoms with van der Waals surface area (Å²) in [6.45, 7) is 6.15. The number of ether oxygens (including phenoxy) is 1. The predicted molar refractivity (Wildman–Crippen MR) is 80.2 cm³/mol. The average molecular weight is 268 g/mol. The minimum atomic E-state index is 0.182. The summed E-state index contributed by atoms with van der Waals surface area (Å²) in [6.07, 6.45) is 9.40. The first-order valence-corrected chi connectivity index (χ1v) is 8.16. The van der Waals surface area contributed by atoms with E-state index < -0.39 is 0 Å². The van der Waals surface area contributed by atoms with Crippen LogP contribution >= 0.6 is 0 Å². The summed E-state index contributed by atoms with van der Waals surface area (Å²) in [5.41, 5.74) is 6.35. The molecule has 2 rings (SSSR count). The van der Waals surface area contributed by atoms with Crippen molar-refractivity contribution < 1.29 is 4.74 Å². The van der Waals surface area contributed by atoms with E-state index >= 15 is 0 Å². The predicted octanol–water partition coefficient (Wildman–Crippen LogP) is 2.78. The van der Waals surface area contributed by atoms with Crippen molar-refractivity contribution in [2.45, 2.75) is 76.5 Å². The number of hydrogen-bond acceptors (Lipinski definition) is 3. The maximum atomic E-state index is 6.16. The highest BCUT2D eigenvalue weighted by Crippen LogP contribution is 2.36. The molecule has 0 spiro atoms. The van der Waals surface area contributed by atoms with E-state index in [1.165, 1.54) is 32.1 Å². The molecule has 1 aliphatic carbocycles. The van der Waals surface area contributed by atoms with Crippen molar-refractivity contribution in [3.05, 3.63) is 0 Å². The number of hydrogen-bond donors (Lipinski definition) is 1. The lowest BCUT2D eigenvalue weighted by Crippen LogP contribution is -2.60. The monoisotopic (exact) mass is 268 g/mol. The summed E-state index contributed by atoms with van der Waals surface area (Å²) < 4.78 is 5.72. The SMILES string of the molecule is CCC1CCC(N(C)C2(CN)CCOC(C)C2)CC1. The third kappa shape index (κ3) is 3.32. The molecule has 112 valence electrons. The second-order valence-electron chi connectivity index (χ2n) is 6.76. The first-order chi connectivity index (χ1) is 9.11. The van der Waals surface area contributed by atoms with Crippen molar-refractivity contribution in [1.82, 2.24) is 4.90 Å². The Labute approximate surface area is 118 Å². The Kier molecular flexibility index (Phi) is 5.27. The highest BCUT2D eigenvalue weighted by Gasteiger charge is 2.41. The molecule has 2 unspecified atom stereocenters. The molecule has 3 nitrogen and oxygen atoms in total. The highest BCUT2D eigenvalue weighted by atomic mass is 16.5. The van der Waals surface area contributed by atoms with E-state index in [4.69, 9.17) is 10.5 Å². The smallest absolute Gasteiger partial charge is 0.0565 e. The molecule has 2 atom stereocenters. The Hall–Kier alpha value is -0.120. The van der Waals surface area contributed by atoms with Gasteiger partial charge in [-0.2, -0.15) is 0 Å². The van der Waals surface area contributed by atoms with E-state index in [0.717, 1.165) is 38.0 Å². The van der Waals surface area contributed by atoms with Crippen LogP contribution < -0.4 is 5.73 Å². The zero-order chi connectivity index (χ0) is 13.9. The summed E-state index contributed by atoms with van der Waals surface area (Å²) in [4.78, 5) is 2.62. The molecule has 0 aromatic rings. The molecule has 0 amide bonds. The van der Waals surface area contributed by atoms with Crippen LogP contribution in [-0.4, -0.2) is 42.8 Å². The third-order valence-corrected chi connectivity index (χ3v) is 5.71. The number of rotatable bonds is 4. The van der Waals surface area contributed by atoms with Crippen molar-refractivity contribution in [2.24, 2.45) is 11.7 Å². The molecule has 1 aliphatic heterocycles. The molecule has 19 heavy (non-hydrogen) atoms. The summed E-state index contributed by atoms with van der Waals surface area (Å²) in [6, 6.07) is 0.733. The second-order valence-corrected chi connectivity index (χ2v) is 6.76. The van der Waals surface area contributed by atoms with Crippen LogP contribution in [-0.2, 0) is 4.74 Å². The van der Waals surface area contributed by atoms with Gasteiger partial charge in [0.2, 0.25) is 0 Å². The van der Waals surface area contributed by atoms with Gasteiger partial charge in [0.25, 0.3) is 0 Å².